The van der Waals surface area contributed by atoms with Gasteiger partial charge in [-0.3, -0.25) is 4.99 Å². The minimum atomic E-state index is 0. The molecule has 6 nitrogen and oxygen atoms in total. The Labute approximate surface area is 190 Å². The summed E-state index contributed by atoms with van der Waals surface area (Å²) in [6.45, 7) is 7.48. The second kappa shape index (κ2) is 11.9. The summed E-state index contributed by atoms with van der Waals surface area (Å²) >= 11 is 0. The SMILES string of the molecule is CCOCc1ccccc1CNC(=NC)N1CCN(c2ccccc2O)CC1.I. The van der Waals surface area contributed by atoms with E-state index in [1.165, 1.54) is 11.1 Å². The number of piperazine rings is 1. The maximum Gasteiger partial charge on any atom is 0.194 e. The van der Waals surface area contributed by atoms with Crippen molar-refractivity contribution in [2.45, 2.75) is 20.1 Å². The van der Waals surface area contributed by atoms with Crippen LogP contribution < -0.4 is 10.2 Å². The Hall–Kier alpha value is -2.00. The van der Waals surface area contributed by atoms with Crippen LogP contribution in [-0.2, 0) is 17.9 Å². The highest BCUT2D eigenvalue weighted by atomic mass is 127. The Kier molecular flexibility index (Phi) is 9.53. The van der Waals surface area contributed by atoms with Crippen LogP contribution in [0.5, 0.6) is 5.75 Å². The summed E-state index contributed by atoms with van der Waals surface area (Å²) in [7, 11) is 1.82. The Bertz CT molecular complexity index is 792. The molecule has 0 radical (unpaired) electrons. The van der Waals surface area contributed by atoms with E-state index >= 15 is 0 Å². The zero-order chi connectivity index (χ0) is 19.8. The predicted octanol–water partition coefficient (Wildman–Crippen LogP) is 3.44. The smallest absolute Gasteiger partial charge is 0.194 e. The lowest BCUT2D eigenvalue weighted by Gasteiger charge is -2.37. The van der Waals surface area contributed by atoms with Crippen molar-refractivity contribution in [1.29, 1.82) is 0 Å². The molecule has 1 aliphatic heterocycles. The Balaban J connectivity index is 0.00000300. The van der Waals surface area contributed by atoms with Crippen molar-refractivity contribution in [1.82, 2.24) is 10.2 Å². The van der Waals surface area contributed by atoms with Gasteiger partial charge in [-0.1, -0.05) is 36.4 Å². The van der Waals surface area contributed by atoms with Crippen molar-refractivity contribution in [3.05, 3.63) is 59.7 Å². The van der Waals surface area contributed by atoms with E-state index in [-0.39, 0.29) is 24.0 Å². The van der Waals surface area contributed by atoms with Crippen LogP contribution in [0, 0.1) is 0 Å². The standard InChI is InChI=1S/C22H30N4O2.HI/c1-3-28-17-19-9-5-4-8-18(19)16-24-22(23-2)26-14-12-25(13-15-26)20-10-6-7-11-21(20)27;/h4-11,27H,3,12-17H2,1-2H3,(H,23,24);1H. The number of aromatic hydroxyl groups is 1. The lowest BCUT2D eigenvalue weighted by Crippen LogP contribution is -2.52. The quantitative estimate of drug-likeness (QED) is 0.354. The number of ether oxygens (including phenoxy) is 1. The largest absolute Gasteiger partial charge is 0.506 e. The van der Waals surface area contributed by atoms with Crippen molar-refractivity contribution < 1.29 is 9.84 Å². The molecule has 2 aromatic carbocycles. The molecule has 0 unspecified atom stereocenters. The summed E-state index contributed by atoms with van der Waals surface area (Å²) in [5.41, 5.74) is 3.33. The summed E-state index contributed by atoms with van der Waals surface area (Å²) in [5, 5.41) is 13.6. The number of phenolic OH excluding ortho intramolecular Hbond substituents is 1. The highest BCUT2D eigenvalue weighted by Gasteiger charge is 2.21. The van der Waals surface area contributed by atoms with E-state index in [0.717, 1.165) is 44.4 Å². The molecule has 0 aliphatic carbocycles. The number of nitrogens with zero attached hydrogens (tertiary/aromatic N) is 3. The van der Waals surface area contributed by atoms with Crippen molar-refractivity contribution >= 4 is 35.6 Å². The minimum Gasteiger partial charge on any atom is -0.506 e. The number of nitrogens with one attached hydrogen (secondary N) is 1. The molecule has 0 spiro atoms. The molecule has 29 heavy (non-hydrogen) atoms. The number of guanidine groups is 1. The molecular formula is C22H31IN4O2. The second-order valence-electron chi connectivity index (χ2n) is 6.77. The first-order valence-corrected chi connectivity index (χ1v) is 9.86. The monoisotopic (exact) mass is 510 g/mol. The van der Waals surface area contributed by atoms with Crippen molar-refractivity contribution in [2.75, 3.05) is 44.7 Å². The van der Waals surface area contributed by atoms with E-state index < -0.39 is 0 Å². The molecule has 1 heterocycles. The number of anilines is 1. The molecule has 0 saturated carbocycles. The molecule has 158 valence electrons. The van der Waals surface area contributed by atoms with Gasteiger partial charge in [-0.25, -0.2) is 0 Å². The third-order valence-corrected chi connectivity index (χ3v) is 5.03. The molecule has 0 amide bonds. The average Bonchev–Trinajstić information content (AvgIpc) is 2.74. The van der Waals surface area contributed by atoms with E-state index in [9.17, 15) is 5.11 Å². The summed E-state index contributed by atoms with van der Waals surface area (Å²) < 4.78 is 5.58. The van der Waals surface area contributed by atoms with Crippen LogP contribution in [-0.4, -0.2) is 55.8 Å². The summed E-state index contributed by atoms with van der Waals surface area (Å²) in [6, 6.07) is 15.9. The molecule has 0 bridgehead atoms. The van der Waals surface area contributed by atoms with Gasteiger partial charge >= 0.3 is 0 Å². The number of hydrogen-bond donors (Lipinski definition) is 2. The number of halogens is 1. The van der Waals surface area contributed by atoms with Crippen LogP contribution in [0.1, 0.15) is 18.1 Å². The highest BCUT2D eigenvalue weighted by molar-refractivity contribution is 14.0. The first-order chi connectivity index (χ1) is 13.7. The fraction of sp³-hybridized carbons (Fsp3) is 0.409. The number of hydrogen-bond acceptors (Lipinski definition) is 4. The molecule has 7 heteroatoms. The van der Waals surface area contributed by atoms with Crippen LogP contribution >= 0.6 is 24.0 Å². The molecule has 1 fully saturated rings. The Morgan fingerprint density at radius 2 is 1.69 bits per heavy atom. The molecule has 1 aliphatic rings. The van der Waals surface area contributed by atoms with E-state index in [1.807, 2.05) is 38.2 Å². The fourth-order valence-electron chi connectivity index (χ4n) is 3.48. The van der Waals surface area contributed by atoms with Gasteiger partial charge in [-0.05, 0) is 30.2 Å². The first kappa shape index (κ1) is 23.3. The fourth-order valence-corrected chi connectivity index (χ4v) is 3.48. The van der Waals surface area contributed by atoms with Gasteiger partial charge in [-0.2, -0.15) is 0 Å². The van der Waals surface area contributed by atoms with Gasteiger partial charge in [0, 0.05) is 46.4 Å². The van der Waals surface area contributed by atoms with Gasteiger partial charge < -0.3 is 25.0 Å². The normalized spacial score (nSPS) is 14.5. The van der Waals surface area contributed by atoms with Crippen molar-refractivity contribution in [3.8, 4) is 5.75 Å². The van der Waals surface area contributed by atoms with Crippen molar-refractivity contribution in [3.63, 3.8) is 0 Å². The van der Waals surface area contributed by atoms with Gasteiger partial charge in [0.15, 0.2) is 5.96 Å². The molecular weight excluding hydrogens is 479 g/mol. The second-order valence-corrected chi connectivity index (χ2v) is 6.77. The average molecular weight is 510 g/mol. The summed E-state index contributed by atoms with van der Waals surface area (Å²) in [4.78, 5) is 8.95. The van der Waals surface area contributed by atoms with Crippen LogP contribution in [0.4, 0.5) is 5.69 Å². The molecule has 0 atom stereocenters. The molecule has 3 rings (SSSR count). The third kappa shape index (κ3) is 6.24. The summed E-state index contributed by atoms with van der Waals surface area (Å²) in [6.07, 6.45) is 0. The van der Waals surface area contributed by atoms with Gasteiger partial charge in [0.05, 0.1) is 12.3 Å². The third-order valence-electron chi connectivity index (χ3n) is 5.03. The van der Waals surface area contributed by atoms with Crippen molar-refractivity contribution in [2.24, 2.45) is 4.99 Å². The summed E-state index contributed by atoms with van der Waals surface area (Å²) in [5.74, 6) is 1.24. The Morgan fingerprint density at radius 3 is 2.34 bits per heavy atom. The highest BCUT2D eigenvalue weighted by Crippen LogP contribution is 2.27. The van der Waals surface area contributed by atoms with Gasteiger partial charge in [0.25, 0.3) is 0 Å². The minimum absolute atomic E-state index is 0. The van der Waals surface area contributed by atoms with E-state index in [2.05, 4.69) is 38.3 Å². The van der Waals surface area contributed by atoms with Gasteiger partial charge in [-0.15, -0.1) is 24.0 Å². The van der Waals surface area contributed by atoms with Crippen LogP contribution in [0.2, 0.25) is 0 Å². The van der Waals surface area contributed by atoms with Crippen LogP contribution in [0.3, 0.4) is 0 Å². The maximum atomic E-state index is 10.1. The van der Waals surface area contributed by atoms with Crippen LogP contribution in [0.15, 0.2) is 53.5 Å². The van der Waals surface area contributed by atoms with E-state index in [4.69, 9.17) is 4.74 Å². The first-order valence-electron chi connectivity index (χ1n) is 9.86. The van der Waals surface area contributed by atoms with Gasteiger partial charge in [0.1, 0.15) is 5.75 Å². The maximum absolute atomic E-state index is 10.1. The number of rotatable bonds is 6. The molecule has 2 aromatic rings. The Morgan fingerprint density at radius 1 is 1.03 bits per heavy atom. The molecule has 0 aromatic heterocycles. The predicted molar refractivity (Wildman–Crippen MR) is 129 cm³/mol. The topological polar surface area (TPSA) is 60.3 Å². The number of para-hydroxylation sites is 2. The van der Waals surface area contributed by atoms with E-state index in [0.29, 0.717) is 19.0 Å². The number of phenols is 1. The van der Waals surface area contributed by atoms with E-state index in [1.54, 1.807) is 6.07 Å². The zero-order valence-corrected chi connectivity index (χ0v) is 19.5. The molecule has 2 N–H and O–H groups in total. The molecule has 1 saturated heterocycles. The number of benzene rings is 2. The number of aliphatic imine (C=N–C) groups is 1. The van der Waals surface area contributed by atoms with Gasteiger partial charge in [0.2, 0.25) is 0 Å². The zero-order valence-electron chi connectivity index (χ0n) is 17.2. The lowest BCUT2D eigenvalue weighted by atomic mass is 10.1. The lowest BCUT2D eigenvalue weighted by molar-refractivity contribution is 0.133. The van der Waals surface area contributed by atoms with Crippen LogP contribution in [0.25, 0.3) is 0 Å².